The third-order valence-electron chi connectivity index (χ3n) is 2.03. The van der Waals surface area contributed by atoms with Crippen LogP contribution in [0.1, 0.15) is 33.1 Å². The van der Waals surface area contributed by atoms with Crippen molar-refractivity contribution in [3.05, 3.63) is 12.2 Å². The van der Waals surface area contributed by atoms with Crippen LogP contribution in [0, 0.1) is 5.92 Å². The van der Waals surface area contributed by atoms with Crippen LogP contribution >= 0.6 is 0 Å². The van der Waals surface area contributed by atoms with Crippen LogP contribution in [0.4, 0.5) is 0 Å². The van der Waals surface area contributed by atoms with Crippen molar-refractivity contribution in [2.24, 2.45) is 5.92 Å². The molecule has 0 aromatic carbocycles. The fraction of sp³-hybridized carbons (Fsp3) is 0.636. The highest BCUT2D eigenvalue weighted by Gasteiger charge is 2.09. The summed E-state index contributed by atoms with van der Waals surface area (Å²) in [7, 11) is 0. The molecule has 4 nitrogen and oxygen atoms in total. The zero-order chi connectivity index (χ0) is 11.8. The maximum absolute atomic E-state index is 10.9. The number of carbonyl (C=O) groups is 2. The van der Waals surface area contributed by atoms with Gasteiger partial charge >= 0.3 is 11.9 Å². The van der Waals surface area contributed by atoms with Crippen LogP contribution in [0.2, 0.25) is 0 Å². The van der Waals surface area contributed by atoms with E-state index in [2.05, 4.69) is 6.58 Å². The SMILES string of the molecule is C=C(C)C(=O)OCCCCC(C)C(=O)O. The van der Waals surface area contributed by atoms with Crippen LogP contribution < -0.4 is 0 Å². The Bertz CT molecular complexity index is 245. The summed E-state index contributed by atoms with van der Waals surface area (Å²) in [5.74, 6) is -1.50. The second-order valence-electron chi connectivity index (χ2n) is 3.65. The van der Waals surface area contributed by atoms with Crippen LogP contribution in [0.15, 0.2) is 12.2 Å². The molecule has 15 heavy (non-hydrogen) atoms. The van der Waals surface area contributed by atoms with Gasteiger partial charge in [0.25, 0.3) is 0 Å². The number of unbranched alkanes of at least 4 members (excludes halogenated alkanes) is 1. The number of ether oxygens (including phenoxy) is 1. The van der Waals surface area contributed by atoms with Crippen molar-refractivity contribution < 1.29 is 19.4 Å². The lowest BCUT2D eigenvalue weighted by atomic mass is 10.1. The highest BCUT2D eigenvalue weighted by atomic mass is 16.5. The van der Waals surface area contributed by atoms with Gasteiger partial charge in [0.05, 0.1) is 12.5 Å². The number of carboxylic acid groups (broad SMARTS) is 1. The van der Waals surface area contributed by atoms with E-state index in [-0.39, 0.29) is 11.9 Å². The fourth-order valence-electron chi connectivity index (χ4n) is 0.964. The molecule has 0 saturated carbocycles. The van der Waals surface area contributed by atoms with E-state index in [1.165, 1.54) is 0 Å². The van der Waals surface area contributed by atoms with Crippen molar-refractivity contribution in [2.75, 3.05) is 6.61 Å². The third kappa shape index (κ3) is 6.71. The summed E-state index contributed by atoms with van der Waals surface area (Å²) in [5, 5.41) is 8.60. The van der Waals surface area contributed by atoms with Gasteiger partial charge in [-0.15, -0.1) is 0 Å². The minimum absolute atomic E-state index is 0.331. The zero-order valence-corrected chi connectivity index (χ0v) is 9.28. The molecule has 0 spiro atoms. The van der Waals surface area contributed by atoms with Crippen LogP contribution in [-0.4, -0.2) is 23.7 Å². The maximum Gasteiger partial charge on any atom is 0.333 e. The van der Waals surface area contributed by atoms with E-state index in [9.17, 15) is 9.59 Å². The summed E-state index contributed by atoms with van der Waals surface area (Å²) in [4.78, 5) is 21.4. The first-order valence-corrected chi connectivity index (χ1v) is 5.00. The first-order chi connectivity index (χ1) is 6.95. The van der Waals surface area contributed by atoms with E-state index in [0.717, 1.165) is 6.42 Å². The molecule has 4 heteroatoms. The zero-order valence-electron chi connectivity index (χ0n) is 9.28. The number of carboxylic acids is 1. The van der Waals surface area contributed by atoms with Gasteiger partial charge in [0.15, 0.2) is 0 Å². The summed E-state index contributed by atoms with van der Waals surface area (Å²) in [6.07, 6.45) is 2.05. The molecule has 0 bridgehead atoms. The fourth-order valence-corrected chi connectivity index (χ4v) is 0.964. The standard InChI is InChI=1S/C11H18O4/c1-8(2)11(14)15-7-5-4-6-9(3)10(12)13/h9H,1,4-7H2,2-3H3,(H,12,13). The van der Waals surface area contributed by atoms with Gasteiger partial charge in [-0.05, 0) is 26.2 Å². The summed E-state index contributed by atoms with van der Waals surface area (Å²) < 4.78 is 4.86. The van der Waals surface area contributed by atoms with Crippen molar-refractivity contribution in [1.82, 2.24) is 0 Å². The monoisotopic (exact) mass is 214 g/mol. The summed E-state index contributed by atoms with van der Waals surface area (Å²) in [6, 6.07) is 0. The average molecular weight is 214 g/mol. The Morgan fingerprint density at radius 2 is 2.00 bits per heavy atom. The van der Waals surface area contributed by atoms with Crippen LogP contribution in [0.5, 0.6) is 0 Å². The first-order valence-electron chi connectivity index (χ1n) is 5.00. The second kappa shape index (κ2) is 7.04. The van der Waals surface area contributed by atoms with E-state index in [4.69, 9.17) is 9.84 Å². The molecule has 0 saturated heterocycles. The number of hydrogen-bond acceptors (Lipinski definition) is 3. The van der Waals surface area contributed by atoms with Gasteiger partial charge in [0, 0.05) is 5.57 Å². The minimum atomic E-state index is -0.783. The molecular formula is C11H18O4. The molecule has 0 heterocycles. The van der Waals surface area contributed by atoms with Crippen molar-refractivity contribution >= 4 is 11.9 Å². The summed E-state index contributed by atoms with van der Waals surface area (Å²) in [6.45, 7) is 7.05. The highest BCUT2D eigenvalue weighted by molar-refractivity contribution is 5.86. The minimum Gasteiger partial charge on any atom is -0.481 e. The van der Waals surface area contributed by atoms with E-state index in [1.807, 2.05) is 0 Å². The van der Waals surface area contributed by atoms with Crippen LogP contribution in [-0.2, 0) is 14.3 Å². The molecule has 0 aliphatic carbocycles. The molecule has 1 N–H and O–H groups in total. The molecular weight excluding hydrogens is 196 g/mol. The molecule has 0 aromatic heterocycles. The quantitative estimate of drug-likeness (QED) is 0.400. The topological polar surface area (TPSA) is 63.6 Å². The van der Waals surface area contributed by atoms with Crippen molar-refractivity contribution in [3.63, 3.8) is 0 Å². The molecule has 1 atom stereocenters. The molecule has 0 aliphatic heterocycles. The average Bonchev–Trinajstić information content (AvgIpc) is 2.16. The highest BCUT2D eigenvalue weighted by Crippen LogP contribution is 2.08. The van der Waals surface area contributed by atoms with E-state index in [1.54, 1.807) is 13.8 Å². The van der Waals surface area contributed by atoms with Gasteiger partial charge in [0.2, 0.25) is 0 Å². The lowest BCUT2D eigenvalue weighted by Crippen LogP contribution is -2.10. The van der Waals surface area contributed by atoms with Gasteiger partial charge < -0.3 is 9.84 Å². The third-order valence-corrected chi connectivity index (χ3v) is 2.03. The molecule has 0 rings (SSSR count). The Kier molecular flexibility index (Phi) is 6.42. The van der Waals surface area contributed by atoms with Gasteiger partial charge in [-0.1, -0.05) is 13.5 Å². The number of hydrogen-bond donors (Lipinski definition) is 1. The maximum atomic E-state index is 10.9. The molecule has 0 amide bonds. The van der Waals surface area contributed by atoms with Gasteiger partial charge in [-0.3, -0.25) is 4.79 Å². The lowest BCUT2D eigenvalue weighted by molar-refractivity contribution is -0.142. The van der Waals surface area contributed by atoms with Crippen molar-refractivity contribution in [2.45, 2.75) is 33.1 Å². The van der Waals surface area contributed by atoms with E-state index >= 15 is 0 Å². The first kappa shape index (κ1) is 13.7. The van der Waals surface area contributed by atoms with Crippen molar-refractivity contribution in [1.29, 1.82) is 0 Å². The van der Waals surface area contributed by atoms with Crippen LogP contribution in [0.25, 0.3) is 0 Å². The Balaban J connectivity index is 3.44. The summed E-state index contributed by atoms with van der Waals surface area (Å²) >= 11 is 0. The molecule has 0 aromatic rings. The predicted molar refractivity (Wildman–Crippen MR) is 56.4 cm³/mol. The van der Waals surface area contributed by atoms with Crippen molar-refractivity contribution in [3.8, 4) is 0 Å². The van der Waals surface area contributed by atoms with E-state index in [0.29, 0.717) is 25.0 Å². The number of aliphatic carboxylic acids is 1. The lowest BCUT2D eigenvalue weighted by Gasteiger charge is -2.06. The molecule has 1 unspecified atom stereocenters. The van der Waals surface area contributed by atoms with Crippen LogP contribution in [0.3, 0.4) is 0 Å². The second-order valence-corrected chi connectivity index (χ2v) is 3.65. The summed E-state index contributed by atoms with van der Waals surface area (Å²) in [5.41, 5.74) is 0.383. The van der Waals surface area contributed by atoms with Gasteiger partial charge in [-0.25, -0.2) is 4.79 Å². The molecule has 0 fully saturated rings. The number of rotatable bonds is 7. The molecule has 0 radical (unpaired) electrons. The normalized spacial score (nSPS) is 11.9. The smallest absolute Gasteiger partial charge is 0.333 e. The van der Waals surface area contributed by atoms with Gasteiger partial charge in [0.1, 0.15) is 0 Å². The largest absolute Gasteiger partial charge is 0.481 e. The van der Waals surface area contributed by atoms with Gasteiger partial charge in [-0.2, -0.15) is 0 Å². The Morgan fingerprint density at radius 3 is 2.47 bits per heavy atom. The molecule has 0 aliphatic rings. The predicted octanol–water partition coefficient (Wildman–Crippen LogP) is 2.00. The number of esters is 1. The molecule has 86 valence electrons. The number of carbonyl (C=O) groups excluding carboxylic acids is 1. The Morgan fingerprint density at radius 1 is 1.40 bits per heavy atom. The Labute approximate surface area is 89.9 Å². The van der Waals surface area contributed by atoms with E-state index < -0.39 is 5.97 Å². The Hall–Kier alpha value is -1.32.